The Morgan fingerprint density at radius 2 is 2.00 bits per heavy atom. The van der Waals surface area contributed by atoms with Crippen LogP contribution in [0.4, 0.5) is 0 Å². The molecule has 2 N–H and O–H groups in total. The highest BCUT2D eigenvalue weighted by molar-refractivity contribution is 9.10. The van der Waals surface area contributed by atoms with E-state index in [-0.39, 0.29) is 11.9 Å². The first-order chi connectivity index (χ1) is 11.6. The summed E-state index contributed by atoms with van der Waals surface area (Å²) in [6, 6.07) is 8.90. The molecule has 0 aliphatic carbocycles. The summed E-state index contributed by atoms with van der Waals surface area (Å²) < 4.78 is 1.06. The first kappa shape index (κ1) is 17.9. The molecule has 4 nitrogen and oxygen atoms in total. The molecule has 0 spiro atoms. The molecule has 5 heteroatoms. The van der Waals surface area contributed by atoms with Crippen molar-refractivity contribution in [3.8, 4) is 0 Å². The van der Waals surface area contributed by atoms with Crippen LogP contribution >= 0.6 is 15.9 Å². The van der Waals surface area contributed by atoms with Crippen molar-refractivity contribution >= 4 is 21.8 Å². The van der Waals surface area contributed by atoms with E-state index in [2.05, 4.69) is 43.6 Å². The second kappa shape index (κ2) is 8.45. The Morgan fingerprint density at radius 3 is 2.62 bits per heavy atom. The summed E-state index contributed by atoms with van der Waals surface area (Å²) in [7, 11) is 0. The molecule has 2 heterocycles. The number of carbonyl (C=O) groups is 1. The Balaban J connectivity index is 1.41. The number of nitrogens with one attached hydrogen (secondary N) is 2. The van der Waals surface area contributed by atoms with Gasteiger partial charge in [0.15, 0.2) is 0 Å². The molecule has 24 heavy (non-hydrogen) atoms. The number of nitrogens with zero attached hydrogens (tertiary/aromatic N) is 1. The van der Waals surface area contributed by atoms with Crippen LogP contribution in [0.2, 0.25) is 0 Å². The maximum atomic E-state index is 12.3. The van der Waals surface area contributed by atoms with Crippen LogP contribution in [0.3, 0.4) is 0 Å². The lowest BCUT2D eigenvalue weighted by Crippen LogP contribution is -2.45. The molecule has 1 amide bonds. The van der Waals surface area contributed by atoms with Gasteiger partial charge in [-0.3, -0.25) is 9.69 Å². The Labute approximate surface area is 153 Å². The van der Waals surface area contributed by atoms with Crippen molar-refractivity contribution in [2.24, 2.45) is 5.92 Å². The number of benzene rings is 1. The van der Waals surface area contributed by atoms with Crippen molar-refractivity contribution in [2.75, 3.05) is 26.2 Å². The third-order valence-corrected chi connectivity index (χ3v) is 5.94. The fraction of sp³-hybridized carbons (Fsp3) is 0.632. The Kier molecular flexibility index (Phi) is 6.31. The van der Waals surface area contributed by atoms with Crippen molar-refractivity contribution in [1.29, 1.82) is 0 Å². The van der Waals surface area contributed by atoms with Gasteiger partial charge in [0.25, 0.3) is 0 Å². The monoisotopic (exact) mass is 393 g/mol. The van der Waals surface area contributed by atoms with E-state index in [0.29, 0.717) is 6.54 Å². The molecule has 2 saturated heterocycles. The zero-order valence-corrected chi connectivity index (χ0v) is 16.0. The second-order valence-electron chi connectivity index (χ2n) is 7.16. The minimum atomic E-state index is 0.0471. The largest absolute Gasteiger partial charge is 0.348 e. The Bertz CT molecular complexity index is 534. The summed E-state index contributed by atoms with van der Waals surface area (Å²) >= 11 is 3.44. The number of hydrogen-bond donors (Lipinski definition) is 2. The maximum Gasteiger partial charge on any atom is 0.234 e. The number of likely N-dealkylation sites (tertiary alicyclic amines) is 1. The summed E-state index contributed by atoms with van der Waals surface area (Å²) in [4.78, 5) is 14.6. The van der Waals surface area contributed by atoms with E-state index in [9.17, 15) is 4.79 Å². The number of rotatable bonds is 5. The van der Waals surface area contributed by atoms with Crippen molar-refractivity contribution < 1.29 is 4.79 Å². The summed E-state index contributed by atoms with van der Waals surface area (Å²) in [5.74, 6) is 0.927. The highest BCUT2D eigenvalue weighted by Gasteiger charge is 2.28. The van der Waals surface area contributed by atoms with Crippen LogP contribution in [0.1, 0.15) is 44.2 Å². The quantitative estimate of drug-likeness (QED) is 0.807. The SMILES string of the molecule is CC(NC(=O)CN1CCC(C2CCCN2)CC1)c1ccc(Br)cc1. The number of carbonyl (C=O) groups excluding carboxylic acids is 1. The summed E-state index contributed by atoms with van der Waals surface area (Å²) in [6.45, 7) is 5.83. The normalized spacial score (nSPS) is 24.0. The van der Waals surface area contributed by atoms with Crippen LogP contribution in [0, 0.1) is 5.92 Å². The lowest BCUT2D eigenvalue weighted by molar-refractivity contribution is -0.123. The number of hydrogen-bond acceptors (Lipinski definition) is 3. The zero-order valence-electron chi connectivity index (χ0n) is 14.4. The third-order valence-electron chi connectivity index (χ3n) is 5.41. The lowest BCUT2D eigenvalue weighted by atomic mass is 9.88. The van der Waals surface area contributed by atoms with Gasteiger partial charge in [-0.05, 0) is 75.9 Å². The Morgan fingerprint density at radius 1 is 1.29 bits per heavy atom. The summed E-state index contributed by atoms with van der Waals surface area (Å²) in [5.41, 5.74) is 1.14. The standard InChI is InChI=1S/C19H28BrN3O/c1-14(15-4-6-17(20)7-5-15)22-19(24)13-23-11-8-16(9-12-23)18-3-2-10-21-18/h4-7,14,16,18,21H,2-3,8-13H2,1H3,(H,22,24). The molecule has 0 saturated carbocycles. The van der Waals surface area contributed by atoms with Gasteiger partial charge in [0.1, 0.15) is 0 Å². The van der Waals surface area contributed by atoms with E-state index in [0.717, 1.165) is 35.1 Å². The van der Waals surface area contributed by atoms with Crippen molar-refractivity contribution in [3.63, 3.8) is 0 Å². The molecule has 0 aromatic heterocycles. The zero-order chi connectivity index (χ0) is 16.9. The molecule has 2 aliphatic heterocycles. The van der Waals surface area contributed by atoms with Crippen LogP contribution in [0.15, 0.2) is 28.7 Å². The second-order valence-corrected chi connectivity index (χ2v) is 8.07. The first-order valence-corrected chi connectivity index (χ1v) is 9.91. The predicted octanol–water partition coefficient (Wildman–Crippen LogP) is 3.09. The molecule has 2 aliphatic rings. The van der Waals surface area contributed by atoms with Crippen molar-refractivity contribution in [2.45, 2.75) is 44.7 Å². The van der Waals surface area contributed by atoms with Gasteiger partial charge in [-0.1, -0.05) is 28.1 Å². The van der Waals surface area contributed by atoms with Gasteiger partial charge in [-0.25, -0.2) is 0 Å². The van der Waals surface area contributed by atoms with Crippen molar-refractivity contribution in [3.05, 3.63) is 34.3 Å². The third kappa shape index (κ3) is 4.80. The topological polar surface area (TPSA) is 44.4 Å². The molecule has 1 aromatic carbocycles. The van der Waals surface area contributed by atoms with Crippen LogP contribution < -0.4 is 10.6 Å². The van der Waals surface area contributed by atoms with Gasteiger partial charge in [0, 0.05) is 10.5 Å². The molecular weight excluding hydrogens is 366 g/mol. The van der Waals surface area contributed by atoms with E-state index < -0.39 is 0 Å². The predicted molar refractivity (Wildman–Crippen MR) is 101 cm³/mol. The van der Waals surface area contributed by atoms with Gasteiger partial charge >= 0.3 is 0 Å². The van der Waals surface area contributed by atoms with Gasteiger partial charge in [-0.15, -0.1) is 0 Å². The molecule has 1 aromatic rings. The minimum absolute atomic E-state index is 0.0471. The first-order valence-electron chi connectivity index (χ1n) is 9.12. The number of piperidine rings is 1. The molecule has 0 bridgehead atoms. The lowest BCUT2D eigenvalue weighted by Gasteiger charge is -2.34. The van der Waals surface area contributed by atoms with E-state index in [1.165, 1.54) is 32.2 Å². The van der Waals surface area contributed by atoms with Gasteiger partial charge < -0.3 is 10.6 Å². The number of halogens is 1. The fourth-order valence-electron chi connectivity index (χ4n) is 3.95. The molecular formula is C19H28BrN3O. The van der Waals surface area contributed by atoms with Crippen molar-refractivity contribution in [1.82, 2.24) is 15.5 Å². The van der Waals surface area contributed by atoms with E-state index in [4.69, 9.17) is 0 Å². The van der Waals surface area contributed by atoms with E-state index in [1.54, 1.807) is 0 Å². The average Bonchev–Trinajstić information content (AvgIpc) is 3.10. The van der Waals surface area contributed by atoms with E-state index >= 15 is 0 Å². The average molecular weight is 394 g/mol. The fourth-order valence-corrected chi connectivity index (χ4v) is 4.22. The Hall–Kier alpha value is -0.910. The van der Waals surface area contributed by atoms with E-state index in [1.807, 2.05) is 19.1 Å². The highest BCUT2D eigenvalue weighted by atomic mass is 79.9. The molecule has 0 radical (unpaired) electrons. The molecule has 132 valence electrons. The molecule has 2 unspecified atom stereocenters. The molecule has 2 fully saturated rings. The highest BCUT2D eigenvalue weighted by Crippen LogP contribution is 2.25. The summed E-state index contributed by atoms with van der Waals surface area (Å²) in [6.07, 6.45) is 5.08. The minimum Gasteiger partial charge on any atom is -0.348 e. The van der Waals surface area contributed by atoms with Crippen LogP contribution in [-0.4, -0.2) is 43.0 Å². The van der Waals surface area contributed by atoms with Gasteiger partial charge in [0.2, 0.25) is 5.91 Å². The molecule has 2 atom stereocenters. The summed E-state index contributed by atoms with van der Waals surface area (Å²) in [5, 5.41) is 6.75. The van der Waals surface area contributed by atoms with Crippen LogP contribution in [0.5, 0.6) is 0 Å². The number of amides is 1. The smallest absolute Gasteiger partial charge is 0.234 e. The van der Waals surface area contributed by atoms with Crippen LogP contribution in [0.25, 0.3) is 0 Å². The van der Waals surface area contributed by atoms with Gasteiger partial charge in [-0.2, -0.15) is 0 Å². The molecule has 3 rings (SSSR count). The van der Waals surface area contributed by atoms with Gasteiger partial charge in [0.05, 0.1) is 12.6 Å². The maximum absolute atomic E-state index is 12.3. The van der Waals surface area contributed by atoms with Crippen LogP contribution in [-0.2, 0) is 4.79 Å².